The SMILES string of the molecule is CCOc1ccc(Cc2cc([C@]34C(O)C[C@](C(N)=O)(C3O)[C@H](O)[C@@H](O)[C@@H]4O)ccc2Cl)cc1. The number of aliphatic hydroxyl groups excluding tert-OH is 5. The lowest BCUT2D eigenvalue weighted by Crippen LogP contribution is -2.71. The van der Waals surface area contributed by atoms with Gasteiger partial charge in [0.15, 0.2) is 0 Å². The highest BCUT2D eigenvalue weighted by Gasteiger charge is 2.76. The van der Waals surface area contributed by atoms with Crippen molar-refractivity contribution >= 4 is 17.5 Å². The molecule has 0 spiro atoms. The number of amides is 1. The van der Waals surface area contributed by atoms with Crippen molar-refractivity contribution in [3.63, 3.8) is 0 Å². The highest BCUT2D eigenvalue weighted by atomic mass is 35.5. The molecule has 2 unspecified atom stereocenters. The van der Waals surface area contributed by atoms with Crippen LogP contribution in [0.15, 0.2) is 42.5 Å². The first kappa shape index (κ1) is 23.9. The smallest absolute Gasteiger partial charge is 0.229 e. The second kappa shape index (κ2) is 8.54. The summed E-state index contributed by atoms with van der Waals surface area (Å²) in [6.07, 6.45) is -8.58. The molecule has 2 saturated carbocycles. The number of benzene rings is 2. The minimum Gasteiger partial charge on any atom is -0.494 e. The summed E-state index contributed by atoms with van der Waals surface area (Å²) in [7, 11) is 0. The second-order valence-electron chi connectivity index (χ2n) is 8.90. The van der Waals surface area contributed by atoms with Gasteiger partial charge in [0.25, 0.3) is 0 Å². The molecular formula is C24H28ClNO7. The molecule has 7 N–H and O–H groups in total. The van der Waals surface area contributed by atoms with Gasteiger partial charge in [-0.15, -0.1) is 0 Å². The van der Waals surface area contributed by atoms with Gasteiger partial charge in [0.1, 0.15) is 17.3 Å². The van der Waals surface area contributed by atoms with E-state index in [0.29, 0.717) is 23.6 Å². The molecule has 1 amide bonds. The molecule has 7 atom stereocenters. The Morgan fingerprint density at radius 2 is 1.76 bits per heavy atom. The van der Waals surface area contributed by atoms with Crippen LogP contribution in [0.1, 0.15) is 30.0 Å². The lowest BCUT2D eigenvalue weighted by molar-refractivity contribution is -0.210. The Balaban J connectivity index is 1.77. The van der Waals surface area contributed by atoms with E-state index in [9.17, 15) is 30.3 Å². The van der Waals surface area contributed by atoms with Gasteiger partial charge in [0, 0.05) is 5.02 Å². The second-order valence-corrected chi connectivity index (χ2v) is 9.31. The van der Waals surface area contributed by atoms with E-state index < -0.39 is 53.7 Å². The third-order valence-electron chi connectivity index (χ3n) is 7.32. The summed E-state index contributed by atoms with van der Waals surface area (Å²) in [5.41, 5.74) is 3.54. The standard InChI is InChI=1S/C24H28ClNO7/c1-2-33-15-6-3-12(4-7-15)9-13-10-14(5-8-16(13)25)24-17(27)11-23(21(24)31,22(26)32)19(29)18(28)20(24)30/h3-8,10,17-21,27-31H,2,9,11H2,1H3,(H2,26,32)/t17?,18-,19-,20+,21?,23-,24-/m1/s1. The summed E-state index contributed by atoms with van der Waals surface area (Å²) in [6.45, 7) is 2.45. The third kappa shape index (κ3) is 3.36. The molecule has 0 radical (unpaired) electrons. The highest BCUT2D eigenvalue weighted by molar-refractivity contribution is 6.31. The van der Waals surface area contributed by atoms with E-state index in [1.54, 1.807) is 12.1 Å². The zero-order valence-corrected chi connectivity index (χ0v) is 18.8. The van der Waals surface area contributed by atoms with Crippen LogP contribution >= 0.6 is 11.6 Å². The topological polar surface area (TPSA) is 153 Å². The van der Waals surface area contributed by atoms with Crippen molar-refractivity contribution < 1.29 is 35.1 Å². The summed E-state index contributed by atoms with van der Waals surface area (Å²) in [5.74, 6) is -0.323. The first-order valence-electron chi connectivity index (χ1n) is 10.8. The van der Waals surface area contributed by atoms with Crippen molar-refractivity contribution in [3.05, 3.63) is 64.2 Å². The zero-order valence-electron chi connectivity index (χ0n) is 18.1. The van der Waals surface area contributed by atoms with Crippen molar-refractivity contribution in [2.24, 2.45) is 11.1 Å². The molecule has 2 fully saturated rings. The Morgan fingerprint density at radius 3 is 2.36 bits per heavy atom. The van der Waals surface area contributed by atoms with E-state index in [4.69, 9.17) is 22.1 Å². The summed E-state index contributed by atoms with van der Waals surface area (Å²) in [6, 6.07) is 12.2. The highest BCUT2D eigenvalue weighted by Crippen LogP contribution is 2.59. The van der Waals surface area contributed by atoms with E-state index in [1.807, 2.05) is 31.2 Å². The average molecular weight is 478 g/mol. The monoisotopic (exact) mass is 477 g/mol. The molecule has 0 aliphatic heterocycles. The number of primary amides is 1. The van der Waals surface area contributed by atoms with E-state index in [2.05, 4.69) is 0 Å². The molecule has 9 heteroatoms. The first-order chi connectivity index (χ1) is 15.6. The van der Waals surface area contributed by atoms with Gasteiger partial charge < -0.3 is 36.0 Å². The van der Waals surface area contributed by atoms with Crippen molar-refractivity contribution in [1.29, 1.82) is 0 Å². The molecule has 0 saturated heterocycles. The Hall–Kier alpha value is -2.20. The number of halogens is 1. The van der Waals surface area contributed by atoms with Crippen LogP contribution in [0.4, 0.5) is 0 Å². The van der Waals surface area contributed by atoms with Crippen LogP contribution in [0.2, 0.25) is 5.02 Å². The maximum Gasteiger partial charge on any atom is 0.229 e. The largest absolute Gasteiger partial charge is 0.494 e. The van der Waals surface area contributed by atoms with Crippen molar-refractivity contribution in [2.75, 3.05) is 6.61 Å². The number of rotatable bonds is 6. The number of hydrogen-bond donors (Lipinski definition) is 6. The van der Waals surface area contributed by atoms with E-state index in [-0.39, 0.29) is 5.56 Å². The molecule has 0 heterocycles. The van der Waals surface area contributed by atoms with E-state index in [1.165, 1.54) is 6.07 Å². The fourth-order valence-electron chi connectivity index (χ4n) is 5.58. The predicted octanol–water partition coefficient (Wildman–Crippen LogP) is 0.261. The zero-order chi connectivity index (χ0) is 24.1. The molecular weight excluding hydrogens is 450 g/mol. The fourth-order valence-corrected chi connectivity index (χ4v) is 5.77. The average Bonchev–Trinajstić information content (AvgIpc) is 3.00. The van der Waals surface area contributed by atoms with Crippen molar-refractivity contribution in [3.8, 4) is 5.75 Å². The lowest BCUT2D eigenvalue weighted by Gasteiger charge is -2.51. The number of nitrogens with two attached hydrogens (primary N) is 1. The van der Waals surface area contributed by atoms with Gasteiger partial charge in [-0.1, -0.05) is 35.9 Å². The maximum atomic E-state index is 12.3. The number of carbonyl (C=O) groups excluding carboxylic acids is 1. The van der Waals surface area contributed by atoms with Crippen molar-refractivity contribution in [1.82, 2.24) is 0 Å². The fraction of sp³-hybridized carbons (Fsp3) is 0.458. The summed E-state index contributed by atoms with van der Waals surface area (Å²) in [4.78, 5) is 12.3. The first-order valence-corrected chi connectivity index (χ1v) is 11.2. The van der Waals surface area contributed by atoms with Crippen LogP contribution in [0, 0.1) is 5.41 Å². The normalized spacial score (nSPS) is 35.4. The molecule has 2 aromatic rings. The summed E-state index contributed by atoms with van der Waals surface area (Å²) < 4.78 is 5.46. The molecule has 178 valence electrons. The predicted molar refractivity (Wildman–Crippen MR) is 120 cm³/mol. The van der Waals surface area contributed by atoms with Crippen LogP contribution in [0.3, 0.4) is 0 Å². The van der Waals surface area contributed by atoms with E-state index >= 15 is 0 Å². The summed E-state index contributed by atoms with van der Waals surface area (Å²) in [5, 5.41) is 54.8. The van der Waals surface area contributed by atoms with Gasteiger partial charge >= 0.3 is 0 Å². The number of carbonyl (C=O) groups is 1. The van der Waals surface area contributed by atoms with Gasteiger partial charge in [0.2, 0.25) is 5.91 Å². The molecule has 2 aromatic carbocycles. The minimum absolute atomic E-state index is 0.286. The van der Waals surface area contributed by atoms with E-state index in [0.717, 1.165) is 11.3 Å². The maximum absolute atomic E-state index is 12.3. The van der Waals surface area contributed by atoms with Crippen LogP contribution in [-0.4, -0.2) is 68.6 Å². The van der Waals surface area contributed by atoms with Gasteiger partial charge in [-0.2, -0.15) is 0 Å². The third-order valence-corrected chi connectivity index (χ3v) is 7.69. The Morgan fingerprint density at radius 1 is 1.09 bits per heavy atom. The Bertz CT molecular complexity index is 1050. The minimum atomic E-state index is -2.01. The van der Waals surface area contributed by atoms with Crippen LogP contribution in [0.25, 0.3) is 0 Å². The van der Waals surface area contributed by atoms with Gasteiger partial charge in [-0.05, 0) is 54.7 Å². The van der Waals surface area contributed by atoms with Gasteiger partial charge in [-0.25, -0.2) is 0 Å². The molecule has 8 nitrogen and oxygen atoms in total. The molecule has 2 aliphatic carbocycles. The van der Waals surface area contributed by atoms with Gasteiger partial charge in [0.05, 0.1) is 36.4 Å². The quantitative estimate of drug-likeness (QED) is 0.349. The Kier molecular flexibility index (Phi) is 6.20. The van der Waals surface area contributed by atoms with Crippen LogP contribution in [-0.2, 0) is 16.6 Å². The molecule has 2 aliphatic rings. The molecule has 0 aromatic heterocycles. The molecule has 33 heavy (non-hydrogen) atoms. The van der Waals surface area contributed by atoms with Crippen molar-refractivity contribution in [2.45, 2.75) is 55.7 Å². The van der Waals surface area contributed by atoms with Crippen LogP contribution < -0.4 is 10.5 Å². The Labute approximate surface area is 196 Å². The number of hydrogen-bond acceptors (Lipinski definition) is 7. The summed E-state index contributed by atoms with van der Waals surface area (Å²) >= 11 is 6.43. The number of ether oxygens (including phenoxy) is 1. The number of fused-ring (bicyclic) bond motifs is 2. The molecule has 4 rings (SSSR count). The number of aliphatic hydroxyl groups is 5. The van der Waals surface area contributed by atoms with Gasteiger partial charge in [-0.3, -0.25) is 4.79 Å². The van der Waals surface area contributed by atoms with Crippen LogP contribution in [0.5, 0.6) is 5.75 Å². The lowest BCUT2D eigenvalue weighted by atomic mass is 9.59. The molecule has 2 bridgehead atoms.